The average molecular weight is 903 g/mol. The summed E-state index contributed by atoms with van der Waals surface area (Å²) in [5.74, 6) is -2.11. The van der Waals surface area contributed by atoms with E-state index in [1.54, 1.807) is 50.2 Å². The van der Waals surface area contributed by atoms with E-state index in [0.29, 0.717) is 51.0 Å². The van der Waals surface area contributed by atoms with Gasteiger partial charge in [-0.3, -0.25) is 24.0 Å². The van der Waals surface area contributed by atoms with Crippen LogP contribution < -0.4 is 52.8 Å². The summed E-state index contributed by atoms with van der Waals surface area (Å²) in [6.45, 7) is 7.25. The second-order valence-corrected chi connectivity index (χ2v) is 16.2. The Morgan fingerprint density at radius 3 is 2.12 bits per heavy atom. The van der Waals surface area contributed by atoms with Crippen molar-refractivity contribution in [3.8, 4) is 40.1 Å². The van der Waals surface area contributed by atoms with Crippen molar-refractivity contribution in [1.82, 2.24) is 36.1 Å². The number of aryl methyl sites for hydroxylation is 2. The first-order valence-corrected chi connectivity index (χ1v) is 21.9. The number of carbonyl (C=O) groups is 5. The van der Waals surface area contributed by atoms with Crippen LogP contribution in [0.1, 0.15) is 58.7 Å². The van der Waals surface area contributed by atoms with Gasteiger partial charge in [0.25, 0.3) is 5.91 Å². The van der Waals surface area contributed by atoms with Gasteiger partial charge in [0.15, 0.2) is 5.82 Å². The summed E-state index contributed by atoms with van der Waals surface area (Å²) in [5.41, 5.74) is 22.5. The smallest absolute Gasteiger partial charge is 0.255 e. The van der Waals surface area contributed by atoms with E-state index in [1.165, 1.54) is 18.9 Å². The number of fused-ring (bicyclic) bond motifs is 5. The van der Waals surface area contributed by atoms with E-state index in [0.717, 1.165) is 30.8 Å². The highest BCUT2D eigenvalue weighted by Crippen LogP contribution is 2.40. The molecular weight excluding hydrogens is 845 g/mol. The van der Waals surface area contributed by atoms with Gasteiger partial charge in [-0.15, -0.1) is 0 Å². The first-order chi connectivity index (χ1) is 31.8. The summed E-state index contributed by atoms with van der Waals surface area (Å²) >= 11 is 0. The molecule has 4 atom stereocenters. The lowest BCUT2D eigenvalue weighted by molar-refractivity contribution is -0.141. The summed E-state index contributed by atoms with van der Waals surface area (Å²) in [6.07, 6.45) is 1.17. The van der Waals surface area contributed by atoms with E-state index in [4.69, 9.17) is 26.7 Å². The summed E-state index contributed by atoms with van der Waals surface area (Å²) in [6, 6.07) is 15.0. The lowest BCUT2D eigenvalue weighted by atomic mass is 9.93. The van der Waals surface area contributed by atoms with Crippen LogP contribution in [0.15, 0.2) is 60.7 Å². The summed E-state index contributed by atoms with van der Waals surface area (Å²) < 4.78 is 12.2. The molecule has 1 aromatic heterocycles. The first kappa shape index (κ1) is 48.3. The van der Waals surface area contributed by atoms with Gasteiger partial charge in [0.05, 0.1) is 23.0 Å². The lowest BCUT2D eigenvalue weighted by Crippen LogP contribution is -2.56. The van der Waals surface area contributed by atoms with Crippen LogP contribution in [0.2, 0.25) is 0 Å². The van der Waals surface area contributed by atoms with Gasteiger partial charge in [0, 0.05) is 62.0 Å². The first-order valence-electron chi connectivity index (χ1n) is 21.9. The van der Waals surface area contributed by atoms with E-state index >= 15 is 0 Å². The molecule has 4 aromatic rings. The molecule has 0 spiro atoms. The zero-order chi connectivity index (χ0) is 47.5. The lowest BCUT2D eigenvalue weighted by Gasteiger charge is -2.33. The SMILES string of the molecule is Cc1nc(-c2ccc(N3CCC3)cc2)nc(C)c1C(=O)N[C@@H](CCN)C(=O)N(C)[C@@H]1C(=O)N[C@@H](C)C(=O)N[C@H](C(=O)NCC#N)Cc2ccc(OCCN)c(c2)-c2cc1ccc2OCCN. The molecule has 19 nitrogen and oxygen atoms in total. The number of hydrogen-bond donors (Lipinski definition) is 7. The molecule has 0 aliphatic carbocycles. The number of nitrogens with zero attached hydrogens (tertiary/aromatic N) is 5. The Labute approximate surface area is 383 Å². The van der Waals surface area contributed by atoms with Crippen molar-refractivity contribution in [3.63, 3.8) is 0 Å². The monoisotopic (exact) mass is 902 g/mol. The van der Waals surface area contributed by atoms with E-state index in [2.05, 4.69) is 36.1 Å². The number of carbonyl (C=O) groups excluding carboxylic acids is 5. The molecule has 2 aliphatic rings. The maximum Gasteiger partial charge on any atom is 0.255 e. The van der Waals surface area contributed by atoms with Crippen molar-refractivity contribution >= 4 is 35.2 Å². The Hall–Kier alpha value is -7.14. The number of aromatic nitrogens is 2. The van der Waals surface area contributed by atoms with E-state index in [-0.39, 0.29) is 57.8 Å². The number of nitrogens with one attached hydrogen (secondary N) is 4. The third kappa shape index (κ3) is 11.2. The maximum atomic E-state index is 14.7. The molecule has 10 N–H and O–H groups in total. The predicted molar refractivity (Wildman–Crippen MR) is 247 cm³/mol. The van der Waals surface area contributed by atoms with Crippen LogP contribution in [-0.4, -0.2) is 122 Å². The van der Waals surface area contributed by atoms with Gasteiger partial charge in [-0.05, 0) is 99.8 Å². The largest absolute Gasteiger partial charge is 0.492 e. The number of rotatable bonds is 16. The molecule has 3 heterocycles. The fraction of sp³-hybridized carbons (Fsp3) is 0.404. The molecule has 0 radical (unpaired) electrons. The van der Waals surface area contributed by atoms with Gasteiger partial charge in [-0.25, -0.2) is 9.97 Å². The fourth-order valence-electron chi connectivity index (χ4n) is 7.93. The number of nitriles is 1. The Kier molecular flexibility index (Phi) is 16.2. The number of benzene rings is 3. The minimum absolute atomic E-state index is 0.00176. The summed E-state index contributed by atoms with van der Waals surface area (Å²) in [4.78, 5) is 83.3. The van der Waals surface area contributed by atoms with Gasteiger partial charge in [0.2, 0.25) is 23.6 Å². The Bertz CT molecular complexity index is 2450. The van der Waals surface area contributed by atoms with Crippen molar-refractivity contribution in [1.29, 1.82) is 5.26 Å². The summed E-state index contributed by atoms with van der Waals surface area (Å²) in [5, 5.41) is 19.9. The standard InChI is InChI=1S/C47H58N12O7/c1-27-40(28(2)54-42(53-27)31-7-10-33(11-8-31)59-20-5-21-59)45(62)56-36(14-15-48)47(64)58(4)41-32-9-13-39(66-23-18-51)35(26-32)34-24-30(6-12-38(34)65-22-17-50)25-37(44(61)52-19-16-49)57-43(60)29(3)55-46(41)63/h6-13,24,26,29,36-37,41H,5,14-15,17-23,25,48,50-51H2,1-4H3,(H,52,61)(H,55,63)(H,56,62)(H,57,60)/t29-,36-,37-,41-/m0/s1. The van der Waals surface area contributed by atoms with Crippen LogP contribution in [-0.2, 0) is 25.6 Å². The molecule has 1 fully saturated rings. The van der Waals surface area contributed by atoms with Gasteiger partial charge >= 0.3 is 0 Å². The highest BCUT2D eigenvalue weighted by molar-refractivity contribution is 6.00. The molecule has 0 saturated carbocycles. The minimum atomic E-state index is -1.40. The molecule has 19 heteroatoms. The zero-order valence-electron chi connectivity index (χ0n) is 37.7. The maximum absolute atomic E-state index is 14.7. The van der Waals surface area contributed by atoms with E-state index in [9.17, 15) is 29.2 Å². The van der Waals surface area contributed by atoms with Crippen LogP contribution in [0.25, 0.3) is 22.5 Å². The Balaban J connectivity index is 1.37. The molecule has 1 saturated heterocycles. The molecule has 4 bridgehead atoms. The molecular formula is C47H58N12O7. The quantitative estimate of drug-likeness (QED) is 0.0777. The van der Waals surface area contributed by atoms with E-state index in [1.807, 2.05) is 30.3 Å². The van der Waals surface area contributed by atoms with Crippen molar-refractivity contribution in [2.24, 2.45) is 17.2 Å². The van der Waals surface area contributed by atoms with Crippen molar-refractivity contribution in [3.05, 3.63) is 88.7 Å². The third-order valence-corrected chi connectivity index (χ3v) is 11.5. The van der Waals surface area contributed by atoms with Crippen molar-refractivity contribution in [2.45, 2.75) is 64.2 Å². The molecule has 348 valence electrons. The fourth-order valence-corrected chi connectivity index (χ4v) is 7.93. The summed E-state index contributed by atoms with van der Waals surface area (Å²) in [7, 11) is 1.42. The van der Waals surface area contributed by atoms with Crippen LogP contribution in [0.4, 0.5) is 5.69 Å². The molecule has 5 amide bonds. The Morgan fingerprint density at radius 2 is 1.53 bits per heavy atom. The van der Waals surface area contributed by atoms with Crippen LogP contribution in [0.3, 0.4) is 0 Å². The number of anilines is 1. The minimum Gasteiger partial charge on any atom is -0.492 e. The topological polar surface area (TPSA) is 286 Å². The second kappa shape index (κ2) is 22.2. The van der Waals surface area contributed by atoms with Gasteiger partial charge in [0.1, 0.15) is 55.4 Å². The van der Waals surface area contributed by atoms with Gasteiger partial charge in [-0.1, -0.05) is 12.1 Å². The predicted octanol–water partition coefficient (Wildman–Crippen LogP) is 1.14. The van der Waals surface area contributed by atoms with Crippen LogP contribution in [0.5, 0.6) is 11.5 Å². The highest BCUT2D eigenvalue weighted by atomic mass is 16.5. The number of likely N-dealkylation sites (N-methyl/N-ethyl adjacent to an activating group) is 1. The number of nitrogens with two attached hydrogens (primary N) is 3. The highest BCUT2D eigenvalue weighted by Gasteiger charge is 2.36. The molecule has 3 aromatic carbocycles. The van der Waals surface area contributed by atoms with Gasteiger partial charge in [-0.2, -0.15) is 5.26 Å². The molecule has 6 rings (SSSR count). The van der Waals surface area contributed by atoms with E-state index < -0.39 is 53.7 Å². The van der Waals surface area contributed by atoms with Crippen molar-refractivity contribution < 1.29 is 33.4 Å². The van der Waals surface area contributed by atoms with Crippen LogP contribution >= 0.6 is 0 Å². The average Bonchev–Trinajstić information content (AvgIpc) is 3.28. The third-order valence-electron chi connectivity index (χ3n) is 11.5. The number of ether oxygens (including phenoxy) is 2. The van der Waals surface area contributed by atoms with Crippen molar-refractivity contribution in [2.75, 3.05) is 64.4 Å². The molecule has 0 unspecified atom stereocenters. The molecule has 2 aliphatic heterocycles. The Morgan fingerprint density at radius 1 is 0.894 bits per heavy atom. The zero-order valence-corrected chi connectivity index (χ0v) is 37.7. The molecule has 66 heavy (non-hydrogen) atoms. The van der Waals surface area contributed by atoms with Crippen LogP contribution in [0, 0.1) is 25.2 Å². The van der Waals surface area contributed by atoms with Gasteiger partial charge < -0.3 is 57.7 Å². The number of hydrogen-bond acceptors (Lipinski definition) is 14. The number of amides is 5. The second-order valence-electron chi connectivity index (χ2n) is 16.2. The normalized spacial score (nSPS) is 17.4.